The number of fused-ring (bicyclic) bond motifs is 1. The molecule has 0 fully saturated rings. The van der Waals surface area contributed by atoms with Gasteiger partial charge >= 0.3 is 7.60 Å². The topological polar surface area (TPSA) is 57.5 Å². The van der Waals surface area contributed by atoms with E-state index in [1.54, 1.807) is 0 Å². The molecule has 1 atom stereocenters. The lowest BCUT2D eigenvalue weighted by atomic mass is 9.98. The van der Waals surface area contributed by atoms with Gasteiger partial charge in [0.25, 0.3) is 0 Å². The summed E-state index contributed by atoms with van der Waals surface area (Å²) in [5.74, 6) is 0.0713. The van der Waals surface area contributed by atoms with Crippen LogP contribution in [0.25, 0.3) is 0 Å². The molecule has 1 aliphatic rings. The van der Waals surface area contributed by atoms with E-state index in [4.69, 9.17) is 9.05 Å². The van der Waals surface area contributed by atoms with Crippen molar-refractivity contribution in [2.24, 2.45) is 0 Å². The van der Waals surface area contributed by atoms with Crippen molar-refractivity contribution in [1.82, 2.24) is 4.57 Å². The smallest absolute Gasteiger partial charge is 0.331 e. The maximum absolute atomic E-state index is 13.4. The lowest BCUT2D eigenvalue weighted by molar-refractivity contribution is 0.102. The monoisotopic (exact) mass is 403 g/mol. The van der Waals surface area contributed by atoms with Crippen molar-refractivity contribution in [3.8, 4) is 0 Å². The number of carbonyl (C=O) groups excluding carboxylic acids is 1. The van der Waals surface area contributed by atoms with Gasteiger partial charge in [-0.2, -0.15) is 0 Å². The van der Waals surface area contributed by atoms with Gasteiger partial charge < -0.3 is 13.6 Å². The van der Waals surface area contributed by atoms with Crippen LogP contribution in [0.1, 0.15) is 68.2 Å². The summed E-state index contributed by atoms with van der Waals surface area (Å²) in [6, 6.07) is 13.2. The minimum atomic E-state index is -3.23. The normalized spacial score (nSPS) is 17.1. The minimum absolute atomic E-state index is 0.0209. The van der Waals surface area contributed by atoms with E-state index in [-0.39, 0.29) is 23.9 Å². The molecule has 0 N–H and O–H groups in total. The highest BCUT2D eigenvalue weighted by molar-refractivity contribution is 7.53. The number of carbonyl (C=O) groups is 1. The van der Waals surface area contributed by atoms with Crippen molar-refractivity contribution in [3.05, 3.63) is 59.4 Å². The van der Waals surface area contributed by atoms with Crippen molar-refractivity contribution in [3.63, 3.8) is 0 Å². The Bertz CT molecular complexity index is 843. The second kappa shape index (κ2) is 8.77. The first-order valence-corrected chi connectivity index (χ1v) is 11.8. The highest BCUT2D eigenvalue weighted by Crippen LogP contribution is 2.54. The van der Waals surface area contributed by atoms with Crippen LogP contribution < -0.4 is 0 Å². The van der Waals surface area contributed by atoms with Crippen molar-refractivity contribution in [2.75, 3.05) is 6.16 Å². The number of nitrogens with zero attached hydrogens (tertiary/aromatic N) is 1. The van der Waals surface area contributed by atoms with Crippen LogP contribution in [-0.4, -0.2) is 28.7 Å². The van der Waals surface area contributed by atoms with Crippen molar-refractivity contribution >= 4 is 13.4 Å². The van der Waals surface area contributed by atoms with Crippen LogP contribution in [0.2, 0.25) is 0 Å². The van der Waals surface area contributed by atoms with Crippen LogP contribution in [0, 0.1) is 0 Å². The maximum Gasteiger partial charge on any atom is 0.331 e. The minimum Gasteiger partial charge on any atom is -0.342 e. The third-order valence-electron chi connectivity index (χ3n) is 4.82. The Morgan fingerprint density at radius 1 is 1.07 bits per heavy atom. The van der Waals surface area contributed by atoms with Gasteiger partial charge in [0.2, 0.25) is 5.78 Å². The van der Waals surface area contributed by atoms with Gasteiger partial charge in [0, 0.05) is 23.7 Å². The molecule has 6 heteroatoms. The molecule has 1 aliphatic heterocycles. The zero-order valence-electron chi connectivity index (χ0n) is 17.1. The Labute approximate surface area is 167 Å². The standard InChI is InChI=1S/C22H30NO4P/c1-16(2)26-28(25,27-17(3)4)15-19-11-8-14-23-20(19)12-13-21(23)22(24)18-9-6-5-7-10-18/h5-7,9-10,12-13,16-17,19H,8,11,14-15H2,1-4H3. The molecule has 28 heavy (non-hydrogen) atoms. The molecule has 0 saturated heterocycles. The summed E-state index contributed by atoms with van der Waals surface area (Å²) in [7, 11) is -3.23. The Kier molecular flexibility index (Phi) is 6.59. The molecule has 1 aromatic carbocycles. The largest absolute Gasteiger partial charge is 0.342 e. The SMILES string of the molecule is CC(C)OP(=O)(CC1CCCn2c(C(=O)c3ccccc3)ccc21)OC(C)C. The first-order valence-electron chi connectivity index (χ1n) is 10.0. The number of hydrogen-bond donors (Lipinski definition) is 0. The van der Waals surface area contributed by atoms with E-state index in [1.807, 2.05) is 70.2 Å². The molecule has 0 bridgehead atoms. The second-order valence-electron chi connectivity index (χ2n) is 7.93. The van der Waals surface area contributed by atoms with Gasteiger partial charge in [0.15, 0.2) is 0 Å². The zero-order chi connectivity index (χ0) is 20.3. The third kappa shape index (κ3) is 4.83. The lowest BCUT2D eigenvalue weighted by Gasteiger charge is -2.30. The van der Waals surface area contributed by atoms with Crippen LogP contribution in [0.5, 0.6) is 0 Å². The molecule has 0 radical (unpaired) electrons. The average molecular weight is 403 g/mol. The fourth-order valence-corrected chi connectivity index (χ4v) is 6.29. The predicted molar refractivity (Wildman–Crippen MR) is 111 cm³/mol. The van der Waals surface area contributed by atoms with Gasteiger partial charge in [0.1, 0.15) is 0 Å². The van der Waals surface area contributed by atoms with E-state index in [0.29, 0.717) is 17.4 Å². The maximum atomic E-state index is 13.4. The number of rotatable bonds is 8. The predicted octanol–water partition coefficient (Wildman–Crippen LogP) is 5.64. The molecule has 0 saturated carbocycles. The van der Waals surface area contributed by atoms with Gasteiger partial charge in [-0.1, -0.05) is 30.3 Å². The van der Waals surface area contributed by atoms with Crippen molar-refractivity contribution < 1.29 is 18.4 Å². The van der Waals surface area contributed by atoms with E-state index in [0.717, 1.165) is 25.1 Å². The van der Waals surface area contributed by atoms with E-state index >= 15 is 0 Å². The van der Waals surface area contributed by atoms with Gasteiger partial charge in [-0.15, -0.1) is 0 Å². The van der Waals surface area contributed by atoms with E-state index in [9.17, 15) is 9.36 Å². The van der Waals surface area contributed by atoms with Gasteiger partial charge in [-0.25, -0.2) is 0 Å². The number of ketones is 1. The van der Waals surface area contributed by atoms with Gasteiger partial charge in [-0.3, -0.25) is 9.36 Å². The van der Waals surface area contributed by atoms with E-state index in [2.05, 4.69) is 4.57 Å². The summed E-state index contributed by atoms with van der Waals surface area (Å²) < 4.78 is 26.9. The molecule has 0 aliphatic carbocycles. The molecule has 1 unspecified atom stereocenters. The van der Waals surface area contributed by atoms with Gasteiger partial charge in [-0.05, 0) is 52.7 Å². The van der Waals surface area contributed by atoms with Crippen LogP contribution in [0.15, 0.2) is 42.5 Å². The van der Waals surface area contributed by atoms with E-state index < -0.39 is 7.60 Å². The van der Waals surface area contributed by atoms with Crippen LogP contribution in [0.4, 0.5) is 0 Å². The third-order valence-corrected chi connectivity index (χ3v) is 7.20. The highest BCUT2D eigenvalue weighted by Gasteiger charge is 2.35. The molecule has 0 spiro atoms. The Morgan fingerprint density at radius 3 is 2.32 bits per heavy atom. The Balaban J connectivity index is 1.87. The van der Waals surface area contributed by atoms with Crippen LogP contribution >= 0.6 is 7.60 Å². The fraction of sp³-hybridized carbons (Fsp3) is 0.500. The summed E-state index contributed by atoms with van der Waals surface area (Å²) in [5.41, 5.74) is 2.42. The van der Waals surface area contributed by atoms with Crippen LogP contribution in [-0.2, 0) is 20.2 Å². The summed E-state index contributed by atoms with van der Waals surface area (Å²) in [6.45, 7) is 8.28. The molecule has 2 aromatic rings. The summed E-state index contributed by atoms with van der Waals surface area (Å²) in [6.07, 6.45) is 1.85. The number of benzene rings is 1. The molecular weight excluding hydrogens is 373 g/mol. The molecule has 0 amide bonds. The van der Waals surface area contributed by atoms with Crippen molar-refractivity contribution in [1.29, 1.82) is 0 Å². The molecule has 5 nitrogen and oxygen atoms in total. The molecular formula is C22H30NO4P. The summed E-state index contributed by atoms with van der Waals surface area (Å²) in [5, 5.41) is 0. The fourth-order valence-electron chi connectivity index (χ4n) is 3.88. The quantitative estimate of drug-likeness (QED) is 0.423. The molecule has 2 heterocycles. The number of aromatic nitrogens is 1. The Hall–Kier alpha value is -1.68. The van der Waals surface area contributed by atoms with E-state index in [1.165, 1.54) is 0 Å². The number of hydrogen-bond acceptors (Lipinski definition) is 4. The summed E-state index contributed by atoms with van der Waals surface area (Å²) in [4.78, 5) is 12.9. The molecule has 152 valence electrons. The second-order valence-corrected chi connectivity index (χ2v) is 9.94. The first-order chi connectivity index (χ1) is 13.3. The first kappa shape index (κ1) is 21.0. The molecule has 1 aromatic heterocycles. The average Bonchev–Trinajstić information content (AvgIpc) is 3.05. The summed E-state index contributed by atoms with van der Waals surface area (Å²) >= 11 is 0. The zero-order valence-corrected chi connectivity index (χ0v) is 18.0. The highest BCUT2D eigenvalue weighted by atomic mass is 31.2. The molecule has 3 rings (SSSR count). The Morgan fingerprint density at radius 2 is 1.71 bits per heavy atom. The van der Waals surface area contributed by atoms with Crippen LogP contribution in [0.3, 0.4) is 0 Å². The van der Waals surface area contributed by atoms with Gasteiger partial charge in [0.05, 0.1) is 24.1 Å². The van der Waals surface area contributed by atoms with Crippen molar-refractivity contribution in [2.45, 2.75) is 65.2 Å². The lowest BCUT2D eigenvalue weighted by Crippen LogP contribution is -2.23.